The highest BCUT2D eigenvalue weighted by Gasteiger charge is 2.38. The minimum absolute atomic E-state index is 0.129. The van der Waals surface area contributed by atoms with Gasteiger partial charge < -0.3 is 10.6 Å². The second-order valence-electron chi connectivity index (χ2n) is 5.98. The standard InChI is InChI=1S/C16H17BrF3N5OS/c1-2-21-15(26)24-12-5-9(10(17)6-23-12)14-25-13(16(18,19)20)11(27-14)7-22-8-3-4-8/h5-6,8,22H,2-4,7H2,1H3,(H2,21,23,24,26). The largest absolute Gasteiger partial charge is 0.434 e. The Morgan fingerprint density at radius 2 is 2.15 bits per heavy atom. The molecule has 0 aromatic carbocycles. The molecule has 0 saturated heterocycles. The maximum absolute atomic E-state index is 13.4. The lowest BCUT2D eigenvalue weighted by Gasteiger charge is -2.07. The van der Waals surface area contributed by atoms with Crippen LogP contribution in [0.3, 0.4) is 0 Å². The highest BCUT2D eigenvalue weighted by Crippen LogP contribution is 2.40. The number of hydrogen-bond donors (Lipinski definition) is 3. The third-order valence-corrected chi connectivity index (χ3v) is 5.48. The number of anilines is 1. The van der Waals surface area contributed by atoms with Crippen LogP contribution in [0.1, 0.15) is 30.3 Å². The molecule has 2 aromatic rings. The molecule has 6 nitrogen and oxygen atoms in total. The van der Waals surface area contributed by atoms with Crippen molar-refractivity contribution in [2.75, 3.05) is 11.9 Å². The van der Waals surface area contributed by atoms with Crippen LogP contribution in [0.4, 0.5) is 23.8 Å². The average Bonchev–Trinajstić information content (AvgIpc) is 3.31. The number of pyridine rings is 1. The molecule has 27 heavy (non-hydrogen) atoms. The summed E-state index contributed by atoms with van der Waals surface area (Å²) < 4.78 is 40.6. The summed E-state index contributed by atoms with van der Waals surface area (Å²) in [4.78, 5) is 19.7. The van der Waals surface area contributed by atoms with Crippen molar-refractivity contribution in [1.29, 1.82) is 0 Å². The molecule has 0 radical (unpaired) electrons. The molecule has 1 aliphatic rings. The predicted octanol–water partition coefficient (Wildman–Crippen LogP) is 4.38. The first kappa shape index (κ1) is 20.0. The summed E-state index contributed by atoms with van der Waals surface area (Å²) in [7, 11) is 0. The fraction of sp³-hybridized carbons (Fsp3) is 0.438. The van der Waals surface area contributed by atoms with E-state index in [1.165, 1.54) is 12.3 Å². The number of aromatic nitrogens is 2. The number of urea groups is 1. The van der Waals surface area contributed by atoms with E-state index in [0.29, 0.717) is 16.6 Å². The minimum Gasteiger partial charge on any atom is -0.338 e. The van der Waals surface area contributed by atoms with Crippen LogP contribution in [0.2, 0.25) is 0 Å². The quantitative estimate of drug-likeness (QED) is 0.593. The van der Waals surface area contributed by atoms with E-state index < -0.39 is 17.9 Å². The van der Waals surface area contributed by atoms with Gasteiger partial charge in [0.2, 0.25) is 0 Å². The van der Waals surface area contributed by atoms with Crippen molar-refractivity contribution in [2.45, 2.75) is 38.5 Å². The van der Waals surface area contributed by atoms with Gasteiger partial charge in [0.05, 0.1) is 4.88 Å². The zero-order valence-electron chi connectivity index (χ0n) is 14.3. The summed E-state index contributed by atoms with van der Waals surface area (Å²) in [5.41, 5.74) is -0.442. The molecule has 2 heterocycles. The third kappa shape index (κ3) is 5.17. The topological polar surface area (TPSA) is 78.9 Å². The smallest absolute Gasteiger partial charge is 0.338 e. The lowest BCUT2D eigenvalue weighted by Crippen LogP contribution is -2.28. The van der Waals surface area contributed by atoms with E-state index in [2.05, 4.69) is 41.8 Å². The summed E-state index contributed by atoms with van der Waals surface area (Å²) >= 11 is 4.28. The number of amides is 2. The number of nitrogens with one attached hydrogen (secondary N) is 3. The summed E-state index contributed by atoms with van der Waals surface area (Å²) in [6.07, 6.45) is -1.14. The number of carbonyl (C=O) groups excluding carboxylic acids is 1. The third-order valence-electron chi connectivity index (χ3n) is 3.76. The molecule has 1 saturated carbocycles. The van der Waals surface area contributed by atoms with Gasteiger partial charge in [-0.05, 0) is 41.8 Å². The van der Waals surface area contributed by atoms with Crippen LogP contribution in [0.15, 0.2) is 16.7 Å². The Kier molecular flexibility index (Phi) is 6.02. The van der Waals surface area contributed by atoms with E-state index >= 15 is 0 Å². The Bertz CT molecular complexity index is 838. The van der Waals surface area contributed by atoms with Gasteiger partial charge in [-0.2, -0.15) is 13.2 Å². The Morgan fingerprint density at radius 1 is 1.41 bits per heavy atom. The van der Waals surface area contributed by atoms with Crippen LogP contribution >= 0.6 is 27.3 Å². The number of rotatable bonds is 6. The number of alkyl halides is 3. The lowest BCUT2D eigenvalue weighted by molar-refractivity contribution is -0.141. The van der Waals surface area contributed by atoms with Crippen molar-refractivity contribution >= 4 is 39.1 Å². The van der Waals surface area contributed by atoms with Crippen molar-refractivity contribution in [3.05, 3.63) is 27.3 Å². The molecule has 3 rings (SSSR count). The summed E-state index contributed by atoms with van der Waals surface area (Å²) in [6, 6.07) is 1.34. The van der Waals surface area contributed by atoms with Crippen molar-refractivity contribution in [2.24, 2.45) is 0 Å². The number of hydrogen-bond acceptors (Lipinski definition) is 5. The highest BCUT2D eigenvalue weighted by atomic mass is 79.9. The molecule has 146 valence electrons. The van der Waals surface area contributed by atoms with Crippen LogP contribution in [-0.4, -0.2) is 28.6 Å². The minimum atomic E-state index is -4.53. The normalized spacial score (nSPS) is 14.3. The summed E-state index contributed by atoms with van der Waals surface area (Å²) in [6.45, 7) is 2.34. The molecule has 2 amide bonds. The van der Waals surface area contributed by atoms with E-state index in [1.54, 1.807) is 6.92 Å². The van der Waals surface area contributed by atoms with Gasteiger partial charge in [-0.15, -0.1) is 11.3 Å². The predicted molar refractivity (Wildman–Crippen MR) is 101 cm³/mol. The zero-order valence-corrected chi connectivity index (χ0v) is 16.7. The SMILES string of the molecule is CCNC(=O)Nc1cc(-c2nc(C(F)(F)F)c(CNC3CC3)s2)c(Br)cn1. The van der Waals surface area contributed by atoms with Gasteiger partial charge in [0.15, 0.2) is 5.69 Å². The first-order valence-corrected chi connectivity index (χ1v) is 9.90. The van der Waals surface area contributed by atoms with Gasteiger partial charge in [-0.1, -0.05) is 0 Å². The molecule has 0 spiro atoms. The second kappa shape index (κ2) is 8.11. The molecular formula is C16H17BrF3N5OS. The van der Waals surface area contributed by atoms with Gasteiger partial charge in [-0.25, -0.2) is 14.8 Å². The monoisotopic (exact) mass is 463 g/mol. The molecule has 1 fully saturated rings. The second-order valence-corrected chi connectivity index (χ2v) is 7.92. The van der Waals surface area contributed by atoms with Gasteiger partial charge in [-0.3, -0.25) is 5.32 Å². The van der Waals surface area contributed by atoms with Crippen LogP contribution in [-0.2, 0) is 12.7 Å². The van der Waals surface area contributed by atoms with Gasteiger partial charge in [0, 0.05) is 35.4 Å². The number of thiazole rings is 1. The number of nitrogens with zero attached hydrogens (tertiary/aromatic N) is 2. The Hall–Kier alpha value is -1.72. The summed E-state index contributed by atoms with van der Waals surface area (Å²) in [5.74, 6) is 0.223. The van der Waals surface area contributed by atoms with Gasteiger partial charge in [0.1, 0.15) is 10.8 Å². The number of halogens is 4. The molecule has 3 N–H and O–H groups in total. The van der Waals surface area contributed by atoms with E-state index in [0.717, 1.165) is 24.2 Å². The highest BCUT2D eigenvalue weighted by molar-refractivity contribution is 9.10. The molecule has 2 aromatic heterocycles. The fourth-order valence-corrected chi connectivity index (χ4v) is 3.92. The van der Waals surface area contributed by atoms with Crippen molar-refractivity contribution in [3.8, 4) is 10.6 Å². The van der Waals surface area contributed by atoms with Gasteiger partial charge in [0.25, 0.3) is 0 Å². The zero-order chi connectivity index (χ0) is 19.6. The first-order chi connectivity index (χ1) is 12.8. The molecule has 0 unspecified atom stereocenters. The van der Waals surface area contributed by atoms with E-state index in [9.17, 15) is 18.0 Å². The molecular weight excluding hydrogens is 447 g/mol. The number of carbonyl (C=O) groups is 1. The summed E-state index contributed by atoms with van der Waals surface area (Å²) in [5, 5.41) is 8.41. The molecule has 11 heteroatoms. The van der Waals surface area contributed by atoms with Crippen molar-refractivity contribution in [1.82, 2.24) is 20.6 Å². The molecule has 0 bridgehead atoms. The Balaban J connectivity index is 1.91. The van der Waals surface area contributed by atoms with E-state index in [1.807, 2.05) is 0 Å². The van der Waals surface area contributed by atoms with E-state index in [4.69, 9.17) is 0 Å². The average molecular weight is 464 g/mol. The first-order valence-electron chi connectivity index (χ1n) is 8.29. The van der Waals surface area contributed by atoms with Crippen LogP contribution in [0, 0.1) is 0 Å². The molecule has 0 aliphatic heterocycles. The van der Waals surface area contributed by atoms with Crippen LogP contribution in [0.25, 0.3) is 10.6 Å². The maximum Gasteiger partial charge on any atom is 0.434 e. The molecule has 0 atom stereocenters. The Morgan fingerprint density at radius 3 is 2.78 bits per heavy atom. The van der Waals surface area contributed by atoms with Gasteiger partial charge >= 0.3 is 12.2 Å². The van der Waals surface area contributed by atoms with Crippen LogP contribution < -0.4 is 16.0 Å². The van der Waals surface area contributed by atoms with E-state index in [-0.39, 0.29) is 28.3 Å². The lowest BCUT2D eigenvalue weighted by atomic mass is 10.2. The van der Waals surface area contributed by atoms with Crippen molar-refractivity contribution < 1.29 is 18.0 Å². The molecule has 1 aliphatic carbocycles. The maximum atomic E-state index is 13.4. The van der Waals surface area contributed by atoms with Crippen molar-refractivity contribution in [3.63, 3.8) is 0 Å². The van der Waals surface area contributed by atoms with Crippen LogP contribution in [0.5, 0.6) is 0 Å². The Labute approximate surface area is 166 Å². The fourth-order valence-electron chi connectivity index (χ4n) is 2.32.